The maximum absolute atomic E-state index is 5.33. The molecule has 0 fully saturated rings. The quantitative estimate of drug-likeness (QED) is 0.822. The summed E-state index contributed by atoms with van der Waals surface area (Å²) < 4.78 is 6.92. The maximum Gasteiger partial charge on any atom is 0.161 e. The molecule has 96 valence electrons. The van der Waals surface area contributed by atoms with Gasteiger partial charge < -0.3 is 10.1 Å². The van der Waals surface area contributed by atoms with Crippen LogP contribution in [0.5, 0.6) is 0 Å². The Hall–Kier alpha value is -2.02. The van der Waals surface area contributed by atoms with Gasteiger partial charge in [-0.2, -0.15) is 5.10 Å². The summed E-state index contributed by atoms with van der Waals surface area (Å²) >= 11 is 0. The molecule has 0 atom stereocenters. The van der Waals surface area contributed by atoms with Crippen molar-refractivity contribution in [3.63, 3.8) is 0 Å². The van der Waals surface area contributed by atoms with Crippen LogP contribution in [0.15, 0.2) is 18.7 Å². The molecule has 2 aromatic heterocycles. The van der Waals surface area contributed by atoms with E-state index in [1.807, 2.05) is 19.9 Å². The van der Waals surface area contributed by atoms with Gasteiger partial charge in [-0.05, 0) is 13.8 Å². The second kappa shape index (κ2) is 6.06. The van der Waals surface area contributed by atoms with Crippen LogP contribution >= 0.6 is 0 Å². The Balaban J connectivity index is 2.30. The van der Waals surface area contributed by atoms with E-state index in [9.17, 15) is 0 Å². The number of hydrogen-bond acceptors (Lipinski definition) is 6. The molecule has 0 aliphatic carbocycles. The highest BCUT2D eigenvalue weighted by Gasteiger charge is 2.06. The molecule has 0 aliphatic heterocycles. The summed E-state index contributed by atoms with van der Waals surface area (Å²) in [5, 5.41) is 7.21. The van der Waals surface area contributed by atoms with Gasteiger partial charge in [0.1, 0.15) is 25.1 Å². The summed E-state index contributed by atoms with van der Waals surface area (Å²) in [6.07, 6.45) is 3.07. The van der Waals surface area contributed by atoms with Gasteiger partial charge in [0.25, 0.3) is 0 Å². The first-order valence-corrected chi connectivity index (χ1v) is 5.88. The Kier molecular flexibility index (Phi) is 4.19. The van der Waals surface area contributed by atoms with Gasteiger partial charge in [0.15, 0.2) is 11.6 Å². The van der Waals surface area contributed by atoms with Gasteiger partial charge >= 0.3 is 0 Å². The Morgan fingerprint density at radius 2 is 2.22 bits per heavy atom. The summed E-state index contributed by atoms with van der Waals surface area (Å²) in [6.45, 7) is 5.76. The van der Waals surface area contributed by atoms with Crippen molar-refractivity contribution < 1.29 is 4.74 Å². The molecular weight excluding hydrogens is 232 g/mol. The second-order valence-electron chi connectivity index (χ2n) is 3.54. The summed E-state index contributed by atoms with van der Waals surface area (Å²) in [5.41, 5.74) is 0. The van der Waals surface area contributed by atoms with Gasteiger partial charge in [0.2, 0.25) is 0 Å². The lowest BCUT2D eigenvalue weighted by Crippen LogP contribution is -2.09. The first kappa shape index (κ1) is 12.4. The van der Waals surface area contributed by atoms with Crippen molar-refractivity contribution in [1.29, 1.82) is 0 Å². The lowest BCUT2D eigenvalue weighted by molar-refractivity contribution is 0.128. The molecule has 2 rings (SSSR count). The molecule has 1 N–H and O–H groups in total. The zero-order chi connectivity index (χ0) is 12.8. The second-order valence-corrected chi connectivity index (χ2v) is 3.54. The number of hydrogen-bond donors (Lipinski definition) is 1. The van der Waals surface area contributed by atoms with Crippen LogP contribution in [0.1, 0.15) is 19.7 Å². The number of aromatic nitrogens is 5. The van der Waals surface area contributed by atoms with Gasteiger partial charge in [0.05, 0.1) is 0 Å². The monoisotopic (exact) mass is 248 g/mol. The topological polar surface area (TPSA) is 77.8 Å². The number of nitrogens with zero attached hydrogens (tertiary/aromatic N) is 5. The fourth-order valence-electron chi connectivity index (χ4n) is 1.46. The van der Waals surface area contributed by atoms with Crippen LogP contribution in [-0.4, -0.2) is 37.9 Å². The van der Waals surface area contributed by atoms with Crippen molar-refractivity contribution >= 4 is 5.82 Å². The van der Waals surface area contributed by atoms with E-state index in [1.165, 1.54) is 6.33 Å². The minimum atomic E-state index is 0.386. The third-order valence-corrected chi connectivity index (χ3v) is 2.21. The van der Waals surface area contributed by atoms with Gasteiger partial charge in [-0.1, -0.05) is 0 Å². The number of nitrogens with one attached hydrogen (secondary N) is 1. The predicted octanol–water partition coefficient (Wildman–Crippen LogP) is 1.03. The van der Waals surface area contributed by atoms with Crippen molar-refractivity contribution in [3.05, 3.63) is 24.5 Å². The standard InChI is InChI=1S/C11H16N6O/c1-3-13-9-5-11(17-8-12-7-14-17)16-10(15-9)6-18-4-2/h5,7-8H,3-4,6H2,1-2H3,(H,13,15,16). The fourth-order valence-corrected chi connectivity index (χ4v) is 1.46. The van der Waals surface area contributed by atoms with Crippen LogP contribution in [0.2, 0.25) is 0 Å². The molecule has 0 bridgehead atoms. The first-order valence-electron chi connectivity index (χ1n) is 5.88. The molecule has 7 nitrogen and oxygen atoms in total. The highest BCUT2D eigenvalue weighted by Crippen LogP contribution is 2.10. The third-order valence-electron chi connectivity index (χ3n) is 2.21. The Morgan fingerprint density at radius 3 is 2.89 bits per heavy atom. The molecule has 0 spiro atoms. The van der Waals surface area contributed by atoms with Crippen molar-refractivity contribution in [2.45, 2.75) is 20.5 Å². The zero-order valence-electron chi connectivity index (χ0n) is 10.5. The first-order chi connectivity index (χ1) is 8.83. The normalized spacial score (nSPS) is 10.6. The van der Waals surface area contributed by atoms with Gasteiger partial charge in [-0.25, -0.2) is 19.6 Å². The van der Waals surface area contributed by atoms with E-state index in [0.717, 1.165) is 12.4 Å². The molecule has 2 heterocycles. The number of anilines is 1. The maximum atomic E-state index is 5.33. The summed E-state index contributed by atoms with van der Waals surface area (Å²) in [7, 11) is 0. The van der Waals surface area contributed by atoms with E-state index in [4.69, 9.17) is 4.74 Å². The zero-order valence-corrected chi connectivity index (χ0v) is 10.5. The Morgan fingerprint density at radius 1 is 1.33 bits per heavy atom. The van der Waals surface area contributed by atoms with Crippen LogP contribution in [0.4, 0.5) is 5.82 Å². The molecule has 0 saturated heterocycles. The molecular formula is C11H16N6O. The van der Waals surface area contributed by atoms with Crippen LogP contribution < -0.4 is 5.32 Å². The molecule has 0 amide bonds. The van der Waals surface area contributed by atoms with Crippen LogP contribution in [0.3, 0.4) is 0 Å². The van der Waals surface area contributed by atoms with Crippen molar-refractivity contribution in [2.24, 2.45) is 0 Å². The third kappa shape index (κ3) is 3.01. The summed E-state index contributed by atoms with van der Waals surface area (Å²) in [4.78, 5) is 12.6. The lowest BCUT2D eigenvalue weighted by atomic mass is 10.4. The van der Waals surface area contributed by atoms with Gasteiger partial charge in [0, 0.05) is 19.2 Å². The van der Waals surface area contributed by atoms with Crippen molar-refractivity contribution in [1.82, 2.24) is 24.7 Å². The van der Waals surface area contributed by atoms with Gasteiger partial charge in [-0.3, -0.25) is 0 Å². The molecule has 7 heteroatoms. The van der Waals surface area contributed by atoms with Crippen molar-refractivity contribution in [2.75, 3.05) is 18.5 Å². The summed E-state index contributed by atoms with van der Waals surface area (Å²) in [6, 6.07) is 1.83. The highest BCUT2D eigenvalue weighted by atomic mass is 16.5. The minimum Gasteiger partial charge on any atom is -0.374 e. The van der Waals surface area contributed by atoms with Crippen LogP contribution in [0, 0.1) is 0 Å². The van der Waals surface area contributed by atoms with Crippen LogP contribution in [-0.2, 0) is 11.3 Å². The molecule has 2 aromatic rings. The van der Waals surface area contributed by atoms with Gasteiger partial charge in [-0.15, -0.1) is 0 Å². The Bertz CT molecular complexity index is 484. The highest BCUT2D eigenvalue weighted by molar-refractivity contribution is 5.41. The smallest absolute Gasteiger partial charge is 0.161 e. The lowest BCUT2D eigenvalue weighted by Gasteiger charge is -2.08. The SMILES string of the molecule is CCNc1cc(-n2cncn2)nc(COCC)n1. The molecule has 0 aromatic carbocycles. The van der Waals surface area contributed by atoms with E-state index >= 15 is 0 Å². The Labute approximate surface area is 105 Å². The average Bonchev–Trinajstić information content (AvgIpc) is 2.90. The molecule has 0 radical (unpaired) electrons. The van der Waals surface area contributed by atoms with Crippen LogP contribution in [0.25, 0.3) is 5.82 Å². The molecule has 0 unspecified atom stereocenters. The minimum absolute atomic E-state index is 0.386. The molecule has 18 heavy (non-hydrogen) atoms. The van der Waals surface area contributed by atoms with E-state index < -0.39 is 0 Å². The molecule has 0 saturated carbocycles. The fraction of sp³-hybridized carbons (Fsp3) is 0.455. The van der Waals surface area contributed by atoms with E-state index in [-0.39, 0.29) is 0 Å². The largest absolute Gasteiger partial charge is 0.374 e. The summed E-state index contributed by atoms with van der Waals surface area (Å²) in [5.74, 6) is 2.06. The number of ether oxygens (including phenoxy) is 1. The van der Waals surface area contributed by atoms with E-state index in [1.54, 1.807) is 11.0 Å². The van der Waals surface area contributed by atoms with E-state index in [2.05, 4.69) is 25.4 Å². The predicted molar refractivity (Wildman–Crippen MR) is 66.4 cm³/mol. The van der Waals surface area contributed by atoms with E-state index in [0.29, 0.717) is 24.9 Å². The average molecular weight is 248 g/mol. The van der Waals surface area contributed by atoms with Crippen molar-refractivity contribution in [3.8, 4) is 5.82 Å². The molecule has 0 aliphatic rings. The number of rotatable bonds is 6.